The van der Waals surface area contributed by atoms with Crippen molar-refractivity contribution in [2.75, 3.05) is 0 Å². The van der Waals surface area contributed by atoms with Gasteiger partial charge in [-0.1, -0.05) is 34.6 Å². The number of fused-ring (bicyclic) bond motifs is 1. The quantitative estimate of drug-likeness (QED) is 0.836. The molecule has 1 unspecified atom stereocenters. The number of hydrogen-bond donors (Lipinski definition) is 2. The molecule has 4 nitrogen and oxygen atoms in total. The lowest BCUT2D eigenvalue weighted by molar-refractivity contribution is 0.0907. The zero-order valence-corrected chi connectivity index (χ0v) is 14.6. The van der Waals surface area contributed by atoms with E-state index in [-0.39, 0.29) is 28.8 Å². The molecular formula is C17H26BFN2O2. The van der Waals surface area contributed by atoms with Crippen molar-refractivity contribution < 1.29 is 13.8 Å². The number of benzene rings is 1. The van der Waals surface area contributed by atoms with Crippen molar-refractivity contribution in [3.63, 3.8) is 0 Å². The van der Waals surface area contributed by atoms with Crippen LogP contribution < -0.4 is 16.4 Å². The van der Waals surface area contributed by atoms with Gasteiger partial charge in [-0.15, -0.1) is 0 Å². The van der Waals surface area contributed by atoms with Gasteiger partial charge in [-0.05, 0) is 40.9 Å². The fourth-order valence-electron chi connectivity index (χ4n) is 2.83. The Morgan fingerprint density at radius 2 is 2.09 bits per heavy atom. The normalized spacial score (nSPS) is 15.7. The number of halogens is 1. The Morgan fingerprint density at radius 1 is 1.43 bits per heavy atom. The summed E-state index contributed by atoms with van der Waals surface area (Å²) < 4.78 is 19.6. The summed E-state index contributed by atoms with van der Waals surface area (Å²) in [5.41, 5.74) is 7.28. The van der Waals surface area contributed by atoms with Crippen molar-refractivity contribution in [2.45, 2.75) is 53.7 Å². The monoisotopic (exact) mass is 320 g/mol. The van der Waals surface area contributed by atoms with Gasteiger partial charge in [0.25, 0.3) is 5.91 Å². The number of carbonyl (C=O) groups excluding carboxylic acids is 1. The largest absolute Gasteiger partial charge is 0.414 e. The highest BCUT2D eigenvalue weighted by molar-refractivity contribution is 6.65. The van der Waals surface area contributed by atoms with Gasteiger partial charge >= 0.3 is 7.05 Å². The summed E-state index contributed by atoms with van der Waals surface area (Å²) in [6.45, 7) is 10.8. The van der Waals surface area contributed by atoms with Crippen LogP contribution in [0.2, 0.25) is 0 Å². The van der Waals surface area contributed by atoms with Gasteiger partial charge in [-0.2, -0.15) is 0 Å². The zero-order chi connectivity index (χ0) is 17.4. The highest BCUT2D eigenvalue weighted by atomic mass is 19.1. The van der Waals surface area contributed by atoms with Crippen LogP contribution in [0.3, 0.4) is 0 Å². The van der Waals surface area contributed by atoms with Crippen LogP contribution in [0.5, 0.6) is 0 Å². The standard InChI is InChI=1S/C17H26BFN2O2/c1-10(2)15(8-17(3,4)5)21-16(22)12-6-11-9-23-18(20)13(11)7-14(12)19/h6-7,10,15H,8-9,20H2,1-5H3,(H,21,22). The number of rotatable bonds is 4. The van der Waals surface area contributed by atoms with E-state index in [4.69, 9.17) is 10.3 Å². The maximum atomic E-state index is 14.3. The predicted molar refractivity (Wildman–Crippen MR) is 90.9 cm³/mol. The summed E-state index contributed by atoms with van der Waals surface area (Å²) in [7, 11) is -0.610. The van der Waals surface area contributed by atoms with Crippen molar-refractivity contribution in [3.8, 4) is 0 Å². The van der Waals surface area contributed by atoms with Crippen LogP contribution in [0.25, 0.3) is 0 Å². The zero-order valence-electron chi connectivity index (χ0n) is 14.6. The molecule has 0 saturated heterocycles. The summed E-state index contributed by atoms with van der Waals surface area (Å²) in [6.07, 6.45) is 0.830. The van der Waals surface area contributed by atoms with E-state index in [0.717, 1.165) is 12.0 Å². The van der Waals surface area contributed by atoms with Crippen molar-refractivity contribution in [3.05, 3.63) is 29.1 Å². The Morgan fingerprint density at radius 3 is 2.65 bits per heavy atom. The third-order valence-corrected chi connectivity index (χ3v) is 4.15. The Balaban J connectivity index is 2.20. The molecule has 2 rings (SSSR count). The van der Waals surface area contributed by atoms with Crippen molar-refractivity contribution in [1.29, 1.82) is 0 Å². The molecule has 0 spiro atoms. The first kappa shape index (κ1) is 18.0. The van der Waals surface area contributed by atoms with E-state index in [0.29, 0.717) is 12.1 Å². The molecule has 23 heavy (non-hydrogen) atoms. The molecule has 1 aliphatic heterocycles. The lowest BCUT2D eigenvalue weighted by Gasteiger charge is -2.29. The van der Waals surface area contributed by atoms with Crippen LogP contribution in [0.4, 0.5) is 4.39 Å². The predicted octanol–water partition coefficient (Wildman–Crippen LogP) is 2.20. The maximum absolute atomic E-state index is 14.3. The summed E-state index contributed by atoms with van der Waals surface area (Å²) in [6, 6.07) is 2.87. The third-order valence-electron chi connectivity index (χ3n) is 4.15. The first-order valence-electron chi connectivity index (χ1n) is 8.09. The molecule has 0 radical (unpaired) electrons. The van der Waals surface area contributed by atoms with Crippen molar-refractivity contribution in [1.82, 2.24) is 5.32 Å². The second-order valence-electron chi connectivity index (χ2n) is 7.85. The minimum atomic E-state index is -0.610. The van der Waals surface area contributed by atoms with Gasteiger partial charge in [0, 0.05) is 6.04 Å². The molecular weight excluding hydrogens is 294 g/mol. The summed E-state index contributed by atoms with van der Waals surface area (Å²) >= 11 is 0. The summed E-state index contributed by atoms with van der Waals surface area (Å²) in [5.74, 6) is -0.665. The van der Waals surface area contributed by atoms with E-state index in [1.807, 2.05) is 0 Å². The molecule has 0 aromatic heterocycles. The number of nitrogens with two attached hydrogens (primary N) is 1. The molecule has 1 aromatic rings. The average molecular weight is 320 g/mol. The minimum Gasteiger partial charge on any atom is -0.414 e. The van der Waals surface area contributed by atoms with Gasteiger partial charge in [-0.3, -0.25) is 4.79 Å². The second kappa shape index (κ2) is 6.61. The molecule has 126 valence electrons. The summed E-state index contributed by atoms with van der Waals surface area (Å²) in [4.78, 5) is 12.5. The van der Waals surface area contributed by atoms with Crippen LogP contribution >= 0.6 is 0 Å². The van der Waals surface area contributed by atoms with Gasteiger partial charge in [0.05, 0.1) is 12.2 Å². The van der Waals surface area contributed by atoms with Crippen LogP contribution in [-0.4, -0.2) is 19.0 Å². The number of amides is 1. The van der Waals surface area contributed by atoms with Crippen molar-refractivity contribution in [2.24, 2.45) is 17.0 Å². The highest BCUT2D eigenvalue weighted by Crippen LogP contribution is 2.24. The van der Waals surface area contributed by atoms with E-state index in [1.54, 1.807) is 6.07 Å². The smallest absolute Gasteiger partial charge is 0.413 e. The number of nitrogens with one attached hydrogen (secondary N) is 1. The van der Waals surface area contributed by atoms with Gasteiger partial charge in [0.15, 0.2) is 0 Å². The molecule has 0 aliphatic carbocycles. The Hall–Kier alpha value is -1.40. The molecule has 6 heteroatoms. The fourth-order valence-corrected chi connectivity index (χ4v) is 2.83. The number of hydrogen-bond acceptors (Lipinski definition) is 3. The van der Waals surface area contributed by atoms with E-state index < -0.39 is 12.9 Å². The van der Waals surface area contributed by atoms with Gasteiger partial charge in [0.1, 0.15) is 5.82 Å². The lowest BCUT2D eigenvalue weighted by atomic mass is 9.75. The van der Waals surface area contributed by atoms with E-state index in [9.17, 15) is 9.18 Å². The first-order chi connectivity index (χ1) is 10.6. The van der Waals surface area contributed by atoms with Crippen LogP contribution in [0, 0.1) is 17.2 Å². The number of carbonyl (C=O) groups is 1. The minimum absolute atomic E-state index is 0.00587. The SMILES string of the molecule is CC(C)C(CC(C)(C)C)NC(=O)c1cc2c(cc1F)B(N)OC2. The van der Waals surface area contributed by atoms with Gasteiger partial charge < -0.3 is 15.6 Å². The van der Waals surface area contributed by atoms with Gasteiger partial charge in [-0.25, -0.2) is 4.39 Å². The topological polar surface area (TPSA) is 64.4 Å². The molecule has 0 fully saturated rings. The lowest BCUT2D eigenvalue weighted by Crippen LogP contribution is -2.42. The third kappa shape index (κ3) is 4.33. The molecule has 3 N–H and O–H groups in total. The molecule has 1 aliphatic rings. The summed E-state index contributed by atoms with van der Waals surface area (Å²) in [5, 5.41) is 2.98. The van der Waals surface area contributed by atoms with Crippen LogP contribution in [0.1, 0.15) is 57.0 Å². The molecule has 1 heterocycles. The molecule has 1 atom stereocenters. The molecule has 0 bridgehead atoms. The molecule has 1 aromatic carbocycles. The Kier molecular flexibility index (Phi) is 5.16. The molecule has 0 saturated carbocycles. The average Bonchev–Trinajstić information content (AvgIpc) is 2.76. The molecule has 1 amide bonds. The van der Waals surface area contributed by atoms with Crippen LogP contribution in [0.15, 0.2) is 12.1 Å². The maximum Gasteiger partial charge on any atom is 0.413 e. The fraction of sp³-hybridized carbons (Fsp3) is 0.588. The van der Waals surface area contributed by atoms with Crippen molar-refractivity contribution >= 4 is 18.4 Å². The Labute approximate surface area is 138 Å². The van der Waals surface area contributed by atoms with E-state index >= 15 is 0 Å². The van der Waals surface area contributed by atoms with E-state index in [2.05, 4.69) is 39.9 Å². The first-order valence-corrected chi connectivity index (χ1v) is 8.09. The van der Waals surface area contributed by atoms with Crippen LogP contribution in [-0.2, 0) is 11.3 Å². The van der Waals surface area contributed by atoms with E-state index in [1.165, 1.54) is 6.07 Å². The van der Waals surface area contributed by atoms with Gasteiger partial charge in [0.2, 0.25) is 0 Å². The Bertz CT molecular complexity index is 599. The second-order valence-corrected chi connectivity index (χ2v) is 7.85. The highest BCUT2D eigenvalue weighted by Gasteiger charge is 2.29.